The number of nitro groups is 1. The van der Waals surface area contributed by atoms with Gasteiger partial charge in [0, 0.05) is 31.3 Å². The van der Waals surface area contributed by atoms with Gasteiger partial charge in [-0.1, -0.05) is 29.8 Å². The zero-order valence-electron chi connectivity index (χ0n) is 16.5. The summed E-state index contributed by atoms with van der Waals surface area (Å²) in [7, 11) is 0. The van der Waals surface area contributed by atoms with Gasteiger partial charge in [-0.05, 0) is 37.5 Å². The lowest BCUT2D eigenvalue weighted by atomic mass is 10.0. The summed E-state index contributed by atoms with van der Waals surface area (Å²) in [6.45, 7) is 4.82. The Kier molecular flexibility index (Phi) is 5.49. The van der Waals surface area contributed by atoms with Crippen LogP contribution in [-0.4, -0.2) is 48.6 Å². The number of carbonyl (C=O) groups excluding carboxylic acids is 1. The van der Waals surface area contributed by atoms with Crippen LogP contribution in [0.1, 0.15) is 40.4 Å². The number of hydrogen-bond acceptors (Lipinski definition) is 5. The normalized spacial score (nSPS) is 19.4. The SMILES string of the molecule is Cc1ccc([C@@H]2CCCN2c2ccc(C(=O)N3CCOCC3)cc2[N+](=O)[O-])cc1. The number of aryl methyl sites for hydroxylation is 1. The van der Waals surface area contributed by atoms with E-state index >= 15 is 0 Å². The number of benzene rings is 2. The first kappa shape index (κ1) is 19.4. The standard InChI is InChI=1S/C22H25N3O4/c1-16-4-6-17(7-5-16)19-3-2-10-24(19)20-9-8-18(15-21(20)25(27)28)22(26)23-11-13-29-14-12-23/h4-9,15,19H,2-3,10-14H2,1H3/t19-/m0/s1. The van der Waals surface area contributed by atoms with E-state index in [1.165, 1.54) is 11.6 Å². The van der Waals surface area contributed by atoms with E-state index in [0.29, 0.717) is 37.6 Å². The van der Waals surface area contributed by atoms with Crippen LogP contribution >= 0.6 is 0 Å². The molecule has 7 nitrogen and oxygen atoms in total. The number of nitrogens with zero attached hydrogens (tertiary/aromatic N) is 3. The molecule has 2 fully saturated rings. The van der Waals surface area contributed by atoms with E-state index in [0.717, 1.165) is 24.9 Å². The van der Waals surface area contributed by atoms with Gasteiger partial charge in [-0.2, -0.15) is 0 Å². The molecule has 152 valence electrons. The molecule has 1 atom stereocenters. The number of hydrogen-bond donors (Lipinski definition) is 0. The van der Waals surface area contributed by atoms with Gasteiger partial charge in [-0.3, -0.25) is 14.9 Å². The average molecular weight is 395 g/mol. The molecule has 1 amide bonds. The van der Waals surface area contributed by atoms with Crippen molar-refractivity contribution in [1.29, 1.82) is 0 Å². The van der Waals surface area contributed by atoms with E-state index < -0.39 is 0 Å². The highest BCUT2D eigenvalue weighted by atomic mass is 16.6. The summed E-state index contributed by atoms with van der Waals surface area (Å²) >= 11 is 0. The fourth-order valence-corrected chi connectivity index (χ4v) is 4.18. The molecule has 2 aromatic rings. The van der Waals surface area contributed by atoms with Crippen LogP contribution < -0.4 is 4.90 Å². The Morgan fingerprint density at radius 1 is 1.10 bits per heavy atom. The molecule has 2 heterocycles. The number of anilines is 1. The Hall–Kier alpha value is -2.93. The Morgan fingerprint density at radius 2 is 1.83 bits per heavy atom. The van der Waals surface area contributed by atoms with E-state index in [1.54, 1.807) is 17.0 Å². The molecule has 0 saturated carbocycles. The highest BCUT2D eigenvalue weighted by Gasteiger charge is 2.32. The van der Waals surface area contributed by atoms with E-state index in [9.17, 15) is 14.9 Å². The van der Waals surface area contributed by atoms with Crippen LogP contribution in [-0.2, 0) is 4.74 Å². The lowest BCUT2D eigenvalue weighted by Crippen LogP contribution is -2.40. The smallest absolute Gasteiger partial charge is 0.293 e. The van der Waals surface area contributed by atoms with Gasteiger partial charge < -0.3 is 14.5 Å². The molecule has 4 rings (SSSR count). The largest absolute Gasteiger partial charge is 0.378 e. The Bertz CT molecular complexity index is 907. The first-order valence-corrected chi connectivity index (χ1v) is 10.0. The van der Waals surface area contributed by atoms with Crippen molar-refractivity contribution in [3.8, 4) is 0 Å². The fourth-order valence-electron chi connectivity index (χ4n) is 4.18. The van der Waals surface area contributed by atoms with Crippen molar-refractivity contribution >= 4 is 17.3 Å². The van der Waals surface area contributed by atoms with Crippen LogP contribution in [0.2, 0.25) is 0 Å². The third-order valence-corrected chi connectivity index (χ3v) is 5.74. The maximum absolute atomic E-state index is 12.8. The van der Waals surface area contributed by atoms with Crippen LogP contribution in [0.15, 0.2) is 42.5 Å². The average Bonchev–Trinajstić information content (AvgIpc) is 3.23. The molecule has 0 aromatic heterocycles. The van der Waals surface area contributed by atoms with Crippen molar-refractivity contribution in [2.45, 2.75) is 25.8 Å². The number of nitro benzene ring substituents is 1. The summed E-state index contributed by atoms with van der Waals surface area (Å²) in [5, 5.41) is 11.9. The maximum Gasteiger partial charge on any atom is 0.293 e. The molecular weight excluding hydrogens is 370 g/mol. The van der Waals surface area contributed by atoms with Gasteiger partial charge >= 0.3 is 0 Å². The third-order valence-electron chi connectivity index (χ3n) is 5.74. The quantitative estimate of drug-likeness (QED) is 0.583. The molecule has 0 aliphatic carbocycles. The number of rotatable bonds is 4. The molecule has 0 bridgehead atoms. The summed E-state index contributed by atoms with van der Waals surface area (Å²) in [5.41, 5.74) is 3.28. The van der Waals surface area contributed by atoms with Gasteiger partial charge in [0.05, 0.1) is 24.2 Å². The molecule has 0 spiro atoms. The first-order valence-electron chi connectivity index (χ1n) is 10.0. The molecule has 0 unspecified atom stereocenters. The minimum atomic E-state index is -0.379. The second-order valence-electron chi connectivity index (χ2n) is 7.63. The minimum Gasteiger partial charge on any atom is -0.378 e. The summed E-state index contributed by atoms with van der Waals surface area (Å²) < 4.78 is 5.29. The molecule has 2 saturated heterocycles. The molecule has 0 N–H and O–H groups in total. The van der Waals surface area contributed by atoms with Crippen molar-refractivity contribution in [1.82, 2.24) is 4.90 Å². The summed E-state index contributed by atoms with van der Waals surface area (Å²) in [5.74, 6) is -0.181. The number of carbonyl (C=O) groups is 1. The third kappa shape index (κ3) is 3.96. The monoisotopic (exact) mass is 395 g/mol. The van der Waals surface area contributed by atoms with Crippen molar-refractivity contribution in [2.75, 3.05) is 37.7 Å². The fraction of sp³-hybridized carbons (Fsp3) is 0.409. The summed E-state index contributed by atoms with van der Waals surface area (Å²) in [6.07, 6.45) is 1.93. The van der Waals surface area contributed by atoms with Gasteiger partial charge in [-0.15, -0.1) is 0 Å². The molecular formula is C22H25N3O4. The van der Waals surface area contributed by atoms with Crippen LogP contribution in [0, 0.1) is 17.0 Å². The van der Waals surface area contributed by atoms with E-state index in [2.05, 4.69) is 29.2 Å². The van der Waals surface area contributed by atoms with Gasteiger partial charge in [0.1, 0.15) is 5.69 Å². The van der Waals surface area contributed by atoms with Crippen molar-refractivity contribution in [3.63, 3.8) is 0 Å². The lowest BCUT2D eigenvalue weighted by molar-refractivity contribution is -0.384. The second kappa shape index (κ2) is 8.21. The molecule has 7 heteroatoms. The van der Waals surface area contributed by atoms with E-state index in [1.807, 2.05) is 6.92 Å². The molecule has 2 aliphatic rings. The molecule has 29 heavy (non-hydrogen) atoms. The van der Waals surface area contributed by atoms with Crippen molar-refractivity contribution in [3.05, 3.63) is 69.3 Å². The topological polar surface area (TPSA) is 75.9 Å². The van der Waals surface area contributed by atoms with Gasteiger partial charge in [0.25, 0.3) is 11.6 Å². The number of amides is 1. The van der Waals surface area contributed by atoms with Crippen LogP contribution in [0.5, 0.6) is 0 Å². The van der Waals surface area contributed by atoms with Crippen LogP contribution in [0.25, 0.3) is 0 Å². The van der Waals surface area contributed by atoms with E-state index in [4.69, 9.17) is 4.74 Å². The van der Waals surface area contributed by atoms with E-state index in [-0.39, 0.29) is 22.6 Å². The predicted octanol–water partition coefficient (Wildman–Crippen LogP) is 3.72. The number of ether oxygens (including phenoxy) is 1. The zero-order valence-corrected chi connectivity index (χ0v) is 16.5. The van der Waals surface area contributed by atoms with Gasteiger partial charge in [0.2, 0.25) is 0 Å². The lowest BCUT2D eigenvalue weighted by Gasteiger charge is -2.28. The zero-order chi connectivity index (χ0) is 20.4. The van der Waals surface area contributed by atoms with Crippen LogP contribution in [0.4, 0.5) is 11.4 Å². The molecule has 2 aromatic carbocycles. The van der Waals surface area contributed by atoms with Crippen molar-refractivity contribution in [2.24, 2.45) is 0 Å². The van der Waals surface area contributed by atoms with Crippen LogP contribution in [0.3, 0.4) is 0 Å². The summed E-state index contributed by atoms with van der Waals surface area (Å²) in [6, 6.07) is 13.3. The second-order valence-corrected chi connectivity index (χ2v) is 7.63. The first-order chi connectivity index (χ1) is 14.0. The Balaban J connectivity index is 1.65. The predicted molar refractivity (Wildman–Crippen MR) is 110 cm³/mol. The summed E-state index contributed by atoms with van der Waals surface area (Å²) in [4.78, 5) is 28.0. The van der Waals surface area contributed by atoms with Gasteiger partial charge in [0.15, 0.2) is 0 Å². The number of morpholine rings is 1. The Labute approximate surface area is 170 Å². The molecule has 0 radical (unpaired) electrons. The molecule has 2 aliphatic heterocycles. The van der Waals surface area contributed by atoms with Crippen molar-refractivity contribution < 1.29 is 14.5 Å². The Morgan fingerprint density at radius 3 is 2.52 bits per heavy atom. The highest BCUT2D eigenvalue weighted by Crippen LogP contribution is 2.40. The minimum absolute atomic E-state index is 0.0110. The van der Waals surface area contributed by atoms with Gasteiger partial charge in [-0.25, -0.2) is 0 Å². The highest BCUT2D eigenvalue weighted by molar-refractivity contribution is 5.96. The maximum atomic E-state index is 12.8.